The number of quaternary nitrogens is 4. The Bertz CT molecular complexity index is 1650. The summed E-state index contributed by atoms with van der Waals surface area (Å²) >= 11 is 0. The van der Waals surface area contributed by atoms with Crippen molar-refractivity contribution in [2.24, 2.45) is 5.41 Å². The van der Waals surface area contributed by atoms with Gasteiger partial charge in [0.2, 0.25) is 5.79 Å². The number of nitrogens with one attached hydrogen (secondary N) is 4. The summed E-state index contributed by atoms with van der Waals surface area (Å²) in [6.07, 6.45) is -1.27. The average Bonchev–Trinajstić information content (AvgIpc) is 3.77. The Morgan fingerprint density at radius 3 is 1.49 bits per heavy atom. The van der Waals surface area contributed by atoms with E-state index in [1.807, 2.05) is 6.07 Å². The molecule has 63 heavy (non-hydrogen) atoms. The Kier molecular flexibility index (Phi) is 31.1. The third kappa shape index (κ3) is 20.6. The number of nitrogens with two attached hydrogens (primary N) is 1. The molecule has 0 bridgehead atoms. The maximum absolute atomic E-state index is 11.9. The van der Waals surface area contributed by atoms with Crippen LogP contribution in [0.25, 0.3) is 5.65 Å². The summed E-state index contributed by atoms with van der Waals surface area (Å²) in [4.78, 5) is 56.7. The number of imidazole rings is 1. The molecular weight excluding hydrogens is 885 g/mol. The zero-order chi connectivity index (χ0) is 49.2. The van der Waals surface area contributed by atoms with Gasteiger partial charge in [0.15, 0.2) is 11.5 Å². The van der Waals surface area contributed by atoms with E-state index in [0.717, 1.165) is 24.1 Å². The highest BCUT2D eigenvalue weighted by Crippen LogP contribution is 2.62. The fourth-order valence-electron chi connectivity index (χ4n) is 6.43. The minimum atomic E-state index is -6.14. The molecule has 0 saturated carbocycles. The van der Waals surface area contributed by atoms with Crippen molar-refractivity contribution in [3.8, 4) is 6.07 Å². The van der Waals surface area contributed by atoms with E-state index in [0.29, 0.717) is 0 Å². The van der Waals surface area contributed by atoms with Gasteiger partial charge in [-0.25, -0.2) is 23.1 Å². The zero-order valence-electron chi connectivity index (χ0n) is 40.0. The monoisotopic (exact) mass is 966 g/mol. The number of rotatable bonds is 21. The highest BCUT2D eigenvalue weighted by Gasteiger charge is 2.67. The van der Waals surface area contributed by atoms with Gasteiger partial charge in [-0.1, -0.05) is 0 Å². The average molecular weight is 966 g/mol. The van der Waals surface area contributed by atoms with Gasteiger partial charge >= 0.3 is 0 Å². The van der Waals surface area contributed by atoms with Crippen LogP contribution in [0.5, 0.6) is 0 Å². The lowest BCUT2D eigenvalue weighted by Crippen LogP contribution is -3.11. The molecule has 7 atom stereocenters. The van der Waals surface area contributed by atoms with Crippen LogP contribution in [0.2, 0.25) is 0 Å². The third-order valence-electron chi connectivity index (χ3n) is 10.9. The topological polar surface area (TPSA) is 318 Å². The normalized spacial score (nSPS) is 22.3. The molecule has 3 rings (SSSR count). The summed E-state index contributed by atoms with van der Waals surface area (Å²) in [5, 5.41) is 24.6. The highest BCUT2D eigenvalue weighted by atomic mass is 31.3. The van der Waals surface area contributed by atoms with Crippen molar-refractivity contribution >= 4 is 34.9 Å². The van der Waals surface area contributed by atoms with Gasteiger partial charge in [0.05, 0.1) is 97.4 Å². The van der Waals surface area contributed by atoms with E-state index >= 15 is 0 Å². The van der Waals surface area contributed by atoms with Gasteiger partial charge < -0.3 is 64.0 Å². The number of nitriles is 1. The van der Waals surface area contributed by atoms with E-state index in [-0.39, 0.29) is 17.2 Å². The number of hydrogen-bond acceptors (Lipinski definition) is 17. The van der Waals surface area contributed by atoms with Crippen molar-refractivity contribution in [3.63, 3.8) is 0 Å². The van der Waals surface area contributed by atoms with Gasteiger partial charge in [-0.2, -0.15) is 10.4 Å². The lowest BCUT2D eigenvalue weighted by molar-refractivity contribution is -0.894. The van der Waals surface area contributed by atoms with Crippen molar-refractivity contribution in [2.45, 2.75) is 108 Å². The van der Waals surface area contributed by atoms with Crippen LogP contribution >= 0.6 is 23.5 Å². The molecule has 3 heterocycles. The van der Waals surface area contributed by atoms with Gasteiger partial charge in [-0.3, -0.25) is 13.7 Å². The molecule has 23 nitrogen and oxygen atoms in total. The van der Waals surface area contributed by atoms with E-state index in [1.165, 1.54) is 85.5 Å². The van der Waals surface area contributed by atoms with Crippen LogP contribution in [0, 0.1) is 16.7 Å². The first-order valence-corrected chi connectivity index (χ1v) is 26.2. The number of nitrogen functional groups attached to an aromatic ring is 1. The second kappa shape index (κ2) is 31.0. The number of hydrogen-bond donors (Lipinski definition) is 7. The Balaban J connectivity index is 0. The summed E-state index contributed by atoms with van der Waals surface area (Å²) < 4.78 is 57.1. The molecule has 3 unspecified atom stereocenters. The summed E-state index contributed by atoms with van der Waals surface area (Å²) in [6.45, 7) is 42.0. The summed E-state index contributed by atoms with van der Waals surface area (Å²) in [6, 6.07) is 1.83. The van der Waals surface area contributed by atoms with E-state index in [1.54, 1.807) is 19.6 Å². The smallest absolute Gasteiger partial charge is 0.280 e. The van der Waals surface area contributed by atoms with E-state index < -0.39 is 53.5 Å². The van der Waals surface area contributed by atoms with Gasteiger partial charge in [0, 0.05) is 7.11 Å². The maximum atomic E-state index is 11.9. The summed E-state index contributed by atoms with van der Waals surface area (Å²) in [7, 11) is -16.8. The summed E-state index contributed by atoms with van der Waals surface area (Å²) in [5.74, 6) is -2.19. The molecule has 2 aromatic rings. The number of ether oxygens (including phenoxy) is 2. The minimum Gasteiger partial charge on any atom is -0.756 e. The van der Waals surface area contributed by atoms with Crippen molar-refractivity contribution in [1.82, 2.24) is 19.6 Å². The number of aliphatic hydroxyl groups excluding tert-OH is 1. The molecule has 1 aliphatic heterocycles. The van der Waals surface area contributed by atoms with Crippen LogP contribution in [0.3, 0.4) is 0 Å². The van der Waals surface area contributed by atoms with Crippen molar-refractivity contribution < 1.29 is 80.6 Å². The molecule has 0 radical (unpaired) electrons. The van der Waals surface area contributed by atoms with Crippen LogP contribution in [0.4, 0.5) is 5.82 Å². The molecular formula is C37H80N10O13P3+. The van der Waals surface area contributed by atoms with Crippen molar-refractivity contribution in [2.75, 3.05) is 98.0 Å². The Morgan fingerprint density at radius 2 is 1.17 bits per heavy atom. The van der Waals surface area contributed by atoms with E-state index in [9.17, 15) is 38.7 Å². The minimum absolute atomic E-state index is 0.0419. The number of anilines is 1. The molecule has 0 amide bonds. The molecule has 0 aromatic carbocycles. The number of aromatic nitrogens is 4. The molecule has 370 valence electrons. The standard InChI is InChI=1S/C13H19N6O13P3.4C6H15N/c1-12(5-14)9(20)7(4-29-34(24,25)32-35(26,27)31-33(21,22)23)30-13(12,28-2)8-3-16-11-10(15)17-6-18-19(8)11;4*1-4-7(5-2)6-3/h3,6-7,9,20H,4H2,1-2H3,(H,24,25)(H,26,27)(H2,15,17,18)(H2,21,22,23);4*4-6H2,1-3H3/p+1/t7-,9-,12-,13+;;;;/m1..../s1. The Hall–Kier alpha value is -2.03. The van der Waals surface area contributed by atoms with Crippen LogP contribution in [0.15, 0.2) is 12.5 Å². The predicted molar refractivity (Wildman–Crippen MR) is 232 cm³/mol. The first-order chi connectivity index (χ1) is 29.4. The van der Waals surface area contributed by atoms with Gasteiger partial charge in [-0.05, 0) is 90.0 Å². The first kappa shape index (κ1) is 63.1. The molecule has 8 N–H and O–H groups in total. The molecule has 0 aliphatic carbocycles. The lowest BCUT2D eigenvalue weighted by Gasteiger charge is -2.36. The van der Waals surface area contributed by atoms with Crippen LogP contribution in [-0.4, -0.2) is 134 Å². The highest BCUT2D eigenvalue weighted by molar-refractivity contribution is 7.65. The summed E-state index contributed by atoms with van der Waals surface area (Å²) in [5.41, 5.74) is 3.77. The largest absolute Gasteiger partial charge is 0.756 e. The maximum Gasteiger partial charge on any atom is 0.280 e. The number of fused-ring (bicyclic) bond motifs is 1. The van der Waals surface area contributed by atoms with Gasteiger partial charge in [0.1, 0.15) is 29.6 Å². The number of phosphoric acid groups is 3. The second-order valence-corrected chi connectivity index (χ2v) is 18.6. The number of nitrogens with zero attached hydrogens (tertiary/aromatic N) is 5. The van der Waals surface area contributed by atoms with Gasteiger partial charge in [0.25, 0.3) is 23.5 Å². The van der Waals surface area contributed by atoms with Crippen molar-refractivity contribution in [3.05, 3.63) is 18.2 Å². The quantitative estimate of drug-likeness (QED) is 0.0612. The third-order valence-corrected chi connectivity index (χ3v) is 14.6. The molecule has 1 fully saturated rings. The van der Waals surface area contributed by atoms with Gasteiger partial charge in [-0.15, -0.1) is 0 Å². The van der Waals surface area contributed by atoms with Crippen molar-refractivity contribution in [1.29, 1.82) is 5.26 Å². The fraction of sp³-hybridized carbons (Fsp3) is 0.838. The molecule has 0 spiro atoms. The Labute approximate surface area is 375 Å². The number of aliphatic hydroxyl groups is 1. The predicted octanol–water partition coefficient (Wildman–Crippen LogP) is -3.03. The second-order valence-electron chi connectivity index (χ2n) is 14.3. The molecule has 2 aromatic heterocycles. The molecule has 1 saturated heterocycles. The zero-order valence-corrected chi connectivity index (χ0v) is 42.7. The van der Waals surface area contributed by atoms with Crippen LogP contribution in [0.1, 0.15) is 95.7 Å². The molecule has 26 heteroatoms. The van der Waals surface area contributed by atoms with Crippen LogP contribution < -0.4 is 40.0 Å². The SMILES string of the molecule is CC[NH+](CC)CC.CC[NH+](CC)CC.CC[NH+](CC)CC.CC[NH+](CC)CC.CO[C@@]1(c2cnc3c(N)ncnn23)O[C@H](COP(=O)([O-])OP(=O)([O-])OP(=O)([O-])O)[C@@H](O)[C@@]1(C)C#N. The number of methoxy groups -OCH3 is 1. The number of phosphoric ester groups is 1. The Morgan fingerprint density at radius 1 is 0.778 bits per heavy atom. The lowest BCUT2D eigenvalue weighted by atomic mass is 9.77. The fourth-order valence-corrected chi connectivity index (χ4v) is 9.33. The first-order valence-electron chi connectivity index (χ1n) is 21.7. The molecule has 1 aliphatic rings. The van der Waals surface area contributed by atoms with E-state index in [4.69, 9.17) is 20.1 Å². The van der Waals surface area contributed by atoms with E-state index in [2.05, 4.69) is 111 Å². The van der Waals surface area contributed by atoms with Crippen LogP contribution in [-0.2, 0) is 42.1 Å².